The van der Waals surface area contributed by atoms with E-state index in [0.29, 0.717) is 45.6 Å². The van der Waals surface area contributed by atoms with E-state index in [9.17, 15) is 4.79 Å². The van der Waals surface area contributed by atoms with Crippen molar-refractivity contribution in [2.24, 2.45) is 56.2 Å². The number of hydrogen-bond acceptors (Lipinski definition) is 3. The molecule has 5 saturated carbocycles. The Morgan fingerprint density at radius 2 is 1.54 bits per heavy atom. The van der Waals surface area contributed by atoms with Crippen LogP contribution in [0.25, 0.3) is 0 Å². The van der Waals surface area contributed by atoms with Crippen LogP contribution in [0, 0.1) is 56.2 Å². The molecule has 1 aromatic rings. The number of pyridine rings is 1. The van der Waals surface area contributed by atoms with Crippen molar-refractivity contribution in [2.45, 2.75) is 131 Å². The monoisotopic (exact) mass is 562 g/mol. The molecule has 6 fully saturated rings. The second kappa shape index (κ2) is 9.05. The lowest BCUT2D eigenvalue weighted by Gasteiger charge is -2.73. The number of carbonyl (C=O) groups is 1. The number of rotatable bonds is 3. The first-order chi connectivity index (χ1) is 19.3. The first-order valence-corrected chi connectivity index (χ1v) is 17.0. The zero-order valence-electron chi connectivity index (χ0n) is 27.0. The Morgan fingerprint density at radius 3 is 2.29 bits per heavy atom. The Balaban J connectivity index is 1.14. The number of carbonyl (C=O) groups excluding carboxylic acids is 1. The molecular formula is C37H56NO3+. The van der Waals surface area contributed by atoms with E-state index in [0.717, 1.165) is 30.8 Å². The smallest absolute Gasteiger partial charge is 0.372 e. The van der Waals surface area contributed by atoms with Crippen molar-refractivity contribution in [1.29, 1.82) is 0 Å². The maximum Gasteiger partial charge on any atom is 0.372 e. The van der Waals surface area contributed by atoms with E-state index in [1.165, 1.54) is 57.8 Å². The second-order valence-electron chi connectivity index (χ2n) is 17.7. The lowest BCUT2D eigenvalue weighted by atomic mass is 9.31. The van der Waals surface area contributed by atoms with Crippen LogP contribution >= 0.6 is 0 Å². The zero-order valence-corrected chi connectivity index (χ0v) is 27.0. The largest absolute Gasteiger partial charge is 0.457 e. The van der Waals surface area contributed by atoms with Crippen LogP contribution in [0.3, 0.4) is 0 Å². The lowest BCUT2D eigenvalue weighted by molar-refractivity contribution is -0.686. The van der Waals surface area contributed by atoms with Crippen molar-refractivity contribution in [1.82, 2.24) is 0 Å². The van der Waals surface area contributed by atoms with E-state index >= 15 is 0 Å². The Hall–Kier alpha value is -1.42. The number of hydrogen-bond donors (Lipinski definition) is 0. The maximum atomic E-state index is 13.1. The summed E-state index contributed by atoms with van der Waals surface area (Å²) in [6.45, 7) is 19.3. The molecule has 1 aromatic heterocycles. The molecule has 1 aliphatic heterocycles. The van der Waals surface area contributed by atoms with Crippen molar-refractivity contribution in [3.05, 3.63) is 30.6 Å². The van der Waals surface area contributed by atoms with Gasteiger partial charge in [0.25, 0.3) is 0 Å². The predicted molar refractivity (Wildman–Crippen MR) is 161 cm³/mol. The predicted octanol–water partition coefficient (Wildman–Crippen LogP) is 7.78. The highest BCUT2D eigenvalue weighted by molar-refractivity contribution is 5.68. The van der Waals surface area contributed by atoms with Gasteiger partial charge in [-0.15, -0.1) is 0 Å². The molecule has 226 valence electrons. The highest BCUT2D eigenvalue weighted by Gasteiger charge is 2.72. The average Bonchev–Trinajstić information content (AvgIpc) is 3.25. The van der Waals surface area contributed by atoms with Crippen molar-refractivity contribution >= 4 is 5.97 Å². The van der Waals surface area contributed by atoms with Gasteiger partial charge in [0.15, 0.2) is 12.4 Å². The molecule has 0 radical (unpaired) electrons. The molecule has 4 heteroatoms. The molecule has 41 heavy (non-hydrogen) atoms. The second-order valence-corrected chi connectivity index (χ2v) is 17.7. The van der Waals surface area contributed by atoms with Gasteiger partial charge < -0.3 is 9.47 Å². The molecule has 0 N–H and O–H groups in total. The van der Waals surface area contributed by atoms with Gasteiger partial charge in [0.1, 0.15) is 6.10 Å². The summed E-state index contributed by atoms with van der Waals surface area (Å²) in [6.07, 6.45) is 17.3. The Bertz CT molecular complexity index is 1190. The van der Waals surface area contributed by atoms with Gasteiger partial charge >= 0.3 is 5.97 Å². The van der Waals surface area contributed by atoms with Gasteiger partial charge in [-0.25, -0.2) is 4.79 Å². The van der Waals surface area contributed by atoms with E-state index in [-0.39, 0.29) is 17.5 Å². The van der Waals surface area contributed by atoms with Gasteiger partial charge in [0.05, 0.1) is 12.7 Å². The fraction of sp³-hybridized carbons (Fsp3) is 0.838. The molecule has 1 unspecified atom stereocenters. The molecule has 0 amide bonds. The summed E-state index contributed by atoms with van der Waals surface area (Å²) in [7, 11) is 0. The molecule has 6 aliphatic rings. The Labute approximate surface area is 249 Å². The standard InChI is InChI=1S/C37H56NO3/c1-32(2)17-19-37-20-18-35(6)25(30(37)31(32)40-24-37)11-12-27-34(5)15-14-28(33(3,4)26(34)13-16-36(27,35)7)41-29(39)23-38-21-9-8-10-22-38/h8-10,21-22,25-28,30-31H,11-20,23-24H2,1-7H3/q+1/t25-,26+,27-,28?,30+,31-,34+,35-,36-,37-/m1/s1. The van der Waals surface area contributed by atoms with Gasteiger partial charge in [-0.3, -0.25) is 0 Å². The minimum atomic E-state index is -0.0973. The molecule has 2 heterocycles. The summed E-state index contributed by atoms with van der Waals surface area (Å²) in [4.78, 5) is 13.1. The molecule has 0 aromatic carbocycles. The van der Waals surface area contributed by atoms with Crippen LogP contribution in [-0.2, 0) is 20.8 Å². The number of aromatic nitrogens is 1. The Morgan fingerprint density at radius 1 is 0.805 bits per heavy atom. The van der Waals surface area contributed by atoms with Gasteiger partial charge in [0, 0.05) is 17.5 Å². The third-order valence-electron chi connectivity index (χ3n) is 15.4. The van der Waals surface area contributed by atoms with Crippen molar-refractivity contribution < 1.29 is 18.8 Å². The highest BCUT2D eigenvalue weighted by Crippen LogP contribution is 2.78. The van der Waals surface area contributed by atoms with E-state index < -0.39 is 0 Å². The minimum absolute atomic E-state index is 0.000418. The molecule has 7 rings (SSSR count). The number of nitrogens with zero attached hydrogens (tertiary/aromatic N) is 1. The van der Waals surface area contributed by atoms with E-state index in [4.69, 9.17) is 9.47 Å². The number of esters is 1. The van der Waals surface area contributed by atoms with Crippen LogP contribution < -0.4 is 4.57 Å². The van der Waals surface area contributed by atoms with Crippen LogP contribution in [0.15, 0.2) is 30.6 Å². The molecular weight excluding hydrogens is 506 g/mol. The fourth-order valence-electron chi connectivity index (χ4n) is 13.0. The summed E-state index contributed by atoms with van der Waals surface area (Å²) in [5.41, 5.74) is 1.81. The SMILES string of the molecule is CC1(C)CC[C@]23CC[C@]4(C)[C@H](CC[C@@H]5[C@@]6(C)CCC(OC(=O)C[n+]7ccccc7)C(C)(C)[C@@H]6CC[C@]54C)[C@H]2[C@H]1OC3. The summed E-state index contributed by atoms with van der Waals surface area (Å²) in [6, 6.07) is 5.92. The lowest BCUT2D eigenvalue weighted by Crippen LogP contribution is -2.68. The minimum Gasteiger partial charge on any atom is -0.457 e. The average molecular weight is 563 g/mol. The van der Waals surface area contributed by atoms with Crippen molar-refractivity contribution in [2.75, 3.05) is 6.61 Å². The van der Waals surface area contributed by atoms with Gasteiger partial charge in [-0.1, -0.05) is 54.5 Å². The first-order valence-electron chi connectivity index (χ1n) is 17.0. The van der Waals surface area contributed by atoms with Crippen LogP contribution in [-0.4, -0.2) is 24.8 Å². The topological polar surface area (TPSA) is 39.4 Å². The molecule has 4 nitrogen and oxygen atoms in total. The van der Waals surface area contributed by atoms with Gasteiger partial charge in [0.2, 0.25) is 6.54 Å². The van der Waals surface area contributed by atoms with Gasteiger partial charge in [-0.2, -0.15) is 4.57 Å². The quantitative estimate of drug-likeness (QED) is 0.279. The zero-order chi connectivity index (χ0) is 29.1. The van der Waals surface area contributed by atoms with E-state index in [1.54, 1.807) is 0 Å². The fourth-order valence-corrected chi connectivity index (χ4v) is 13.0. The van der Waals surface area contributed by atoms with E-state index in [2.05, 4.69) is 48.5 Å². The number of fused-ring (bicyclic) bond motifs is 5. The summed E-state index contributed by atoms with van der Waals surface area (Å²) >= 11 is 0. The van der Waals surface area contributed by atoms with Crippen molar-refractivity contribution in [3.63, 3.8) is 0 Å². The van der Waals surface area contributed by atoms with Crippen LogP contribution in [0.4, 0.5) is 0 Å². The third kappa shape index (κ3) is 3.80. The normalized spacial score (nSPS) is 49.1. The molecule has 1 saturated heterocycles. The summed E-state index contributed by atoms with van der Waals surface area (Å²) in [5.74, 6) is 2.79. The molecule has 10 atom stereocenters. The number of ether oxygens (including phenoxy) is 2. The third-order valence-corrected chi connectivity index (χ3v) is 15.4. The first kappa shape index (κ1) is 28.4. The van der Waals surface area contributed by atoms with Crippen LogP contribution in [0.1, 0.15) is 113 Å². The summed E-state index contributed by atoms with van der Waals surface area (Å²) in [5, 5.41) is 0. The Kier molecular flexibility index (Phi) is 6.26. The highest BCUT2D eigenvalue weighted by atomic mass is 16.5. The summed E-state index contributed by atoms with van der Waals surface area (Å²) < 4.78 is 15.0. The van der Waals surface area contributed by atoms with Crippen LogP contribution in [0.2, 0.25) is 0 Å². The van der Waals surface area contributed by atoms with Crippen molar-refractivity contribution in [3.8, 4) is 0 Å². The van der Waals surface area contributed by atoms with Gasteiger partial charge in [-0.05, 0) is 115 Å². The van der Waals surface area contributed by atoms with E-state index in [1.807, 2.05) is 35.2 Å². The molecule has 5 aliphatic carbocycles. The van der Waals surface area contributed by atoms with Crippen LogP contribution in [0.5, 0.6) is 0 Å². The maximum absolute atomic E-state index is 13.1. The molecule has 2 bridgehead atoms. The molecule has 0 spiro atoms.